The third kappa shape index (κ3) is 4.04. The van der Waals surface area contributed by atoms with Gasteiger partial charge in [0.15, 0.2) is 0 Å². The topological polar surface area (TPSA) is 42.4 Å². The molecule has 0 N–H and O–H groups in total. The Morgan fingerprint density at radius 3 is 2.50 bits per heavy atom. The molecule has 0 spiro atoms. The molecule has 3 heterocycles. The second-order valence-corrected chi connectivity index (χ2v) is 8.15. The molecule has 5 heteroatoms. The molecule has 2 saturated heterocycles. The molecular weight excluding hydrogens is 344 g/mol. The molecule has 4 nitrogen and oxygen atoms in total. The average Bonchev–Trinajstić information content (AvgIpc) is 2.94. The number of carbonyl (C=O) groups is 1. The molecule has 2 fully saturated rings. The van der Waals surface area contributed by atoms with Crippen LogP contribution in [0, 0.1) is 0 Å². The van der Waals surface area contributed by atoms with Crippen molar-refractivity contribution in [2.45, 2.75) is 55.2 Å². The molecule has 1 aromatic heterocycles. The van der Waals surface area contributed by atoms with Gasteiger partial charge in [0, 0.05) is 54.3 Å². The fourth-order valence-corrected chi connectivity index (χ4v) is 4.98. The van der Waals surface area contributed by atoms with E-state index >= 15 is 0 Å². The maximum absolute atomic E-state index is 12.8. The van der Waals surface area contributed by atoms with E-state index in [0.717, 1.165) is 31.4 Å². The summed E-state index contributed by atoms with van der Waals surface area (Å²) in [6, 6.07) is 16.7. The number of carbonyl (C=O) groups excluding carboxylic acids is 1. The van der Waals surface area contributed by atoms with Gasteiger partial charge in [-0.3, -0.25) is 4.79 Å². The molecule has 2 bridgehead atoms. The Hall–Kier alpha value is -2.01. The van der Waals surface area contributed by atoms with E-state index < -0.39 is 0 Å². The van der Waals surface area contributed by atoms with Crippen LogP contribution in [0.3, 0.4) is 0 Å². The maximum Gasteiger partial charge on any atom is 0.223 e. The van der Waals surface area contributed by atoms with Gasteiger partial charge >= 0.3 is 0 Å². The van der Waals surface area contributed by atoms with E-state index in [1.165, 1.54) is 4.90 Å². The zero-order valence-electron chi connectivity index (χ0n) is 14.8. The highest BCUT2D eigenvalue weighted by Gasteiger charge is 2.43. The summed E-state index contributed by atoms with van der Waals surface area (Å²) in [5, 5.41) is 0. The minimum atomic E-state index is 0.171. The summed E-state index contributed by atoms with van der Waals surface area (Å²) < 4.78 is 6.05. The van der Waals surface area contributed by atoms with Crippen LogP contribution in [0.1, 0.15) is 32.1 Å². The molecule has 2 aliphatic rings. The summed E-state index contributed by atoms with van der Waals surface area (Å²) in [4.78, 5) is 20.4. The number of thioether (sulfide) groups is 1. The summed E-state index contributed by atoms with van der Waals surface area (Å²) in [5.41, 5.74) is 0. The van der Waals surface area contributed by atoms with Crippen molar-refractivity contribution < 1.29 is 9.53 Å². The van der Waals surface area contributed by atoms with Crippen molar-refractivity contribution in [2.75, 3.05) is 5.75 Å². The highest BCUT2D eigenvalue weighted by molar-refractivity contribution is 7.99. The van der Waals surface area contributed by atoms with Crippen molar-refractivity contribution in [1.82, 2.24) is 9.88 Å². The highest BCUT2D eigenvalue weighted by atomic mass is 32.2. The van der Waals surface area contributed by atoms with Crippen LogP contribution in [-0.2, 0) is 4.79 Å². The Kier molecular flexibility index (Phi) is 5.44. The number of ether oxygens (including phenoxy) is 1. The number of fused-ring (bicyclic) bond motifs is 2. The first kappa shape index (κ1) is 17.4. The van der Waals surface area contributed by atoms with E-state index in [4.69, 9.17) is 4.74 Å². The standard InChI is InChI=1S/C21H24N2O2S/c24-21(11-13-26-19-6-2-1-3-7-19)23-16-9-10-17(23)15-18(14-16)25-20-8-4-5-12-22-20/h1-8,12,16-18H,9-11,13-15H2. The van der Waals surface area contributed by atoms with Crippen LogP contribution >= 0.6 is 11.8 Å². The van der Waals surface area contributed by atoms with Crippen LogP contribution in [0.4, 0.5) is 0 Å². The van der Waals surface area contributed by atoms with E-state index in [1.54, 1.807) is 18.0 Å². The Morgan fingerprint density at radius 2 is 1.81 bits per heavy atom. The third-order valence-electron chi connectivity index (χ3n) is 5.23. The summed E-state index contributed by atoms with van der Waals surface area (Å²) in [6.07, 6.45) is 6.58. The molecule has 4 rings (SSSR count). The largest absolute Gasteiger partial charge is 0.474 e. The molecule has 1 aromatic carbocycles. The lowest BCUT2D eigenvalue weighted by Gasteiger charge is -2.38. The van der Waals surface area contributed by atoms with E-state index in [9.17, 15) is 4.79 Å². The molecule has 1 amide bonds. The van der Waals surface area contributed by atoms with Gasteiger partial charge in [0.2, 0.25) is 11.8 Å². The Bertz CT molecular complexity index is 711. The average molecular weight is 369 g/mol. The van der Waals surface area contributed by atoms with Crippen molar-refractivity contribution in [1.29, 1.82) is 0 Å². The van der Waals surface area contributed by atoms with Crippen LogP contribution < -0.4 is 4.74 Å². The number of nitrogens with zero attached hydrogens (tertiary/aromatic N) is 2. The number of amides is 1. The first-order chi connectivity index (χ1) is 12.8. The zero-order chi connectivity index (χ0) is 17.8. The fourth-order valence-electron chi connectivity index (χ4n) is 4.12. The zero-order valence-corrected chi connectivity index (χ0v) is 15.6. The molecule has 26 heavy (non-hydrogen) atoms. The van der Waals surface area contributed by atoms with E-state index in [-0.39, 0.29) is 6.10 Å². The van der Waals surface area contributed by atoms with Crippen LogP contribution in [0.25, 0.3) is 0 Å². The van der Waals surface area contributed by atoms with Crippen molar-refractivity contribution in [2.24, 2.45) is 0 Å². The summed E-state index contributed by atoms with van der Waals surface area (Å²) in [6.45, 7) is 0. The van der Waals surface area contributed by atoms with Crippen molar-refractivity contribution >= 4 is 17.7 Å². The van der Waals surface area contributed by atoms with Crippen LogP contribution in [0.15, 0.2) is 59.6 Å². The molecule has 136 valence electrons. The van der Waals surface area contributed by atoms with Crippen molar-refractivity contribution in [3.05, 3.63) is 54.7 Å². The predicted octanol–water partition coefficient (Wildman–Crippen LogP) is 4.16. The number of benzene rings is 1. The smallest absolute Gasteiger partial charge is 0.223 e. The van der Waals surface area contributed by atoms with Gasteiger partial charge in [-0.15, -0.1) is 11.8 Å². The molecule has 0 radical (unpaired) electrons. The minimum Gasteiger partial charge on any atom is -0.474 e. The van der Waals surface area contributed by atoms with Gasteiger partial charge in [0.05, 0.1) is 0 Å². The molecule has 2 atom stereocenters. The van der Waals surface area contributed by atoms with E-state index in [0.29, 0.717) is 30.3 Å². The molecule has 0 saturated carbocycles. The molecular formula is C21H24N2O2S. The lowest BCUT2D eigenvalue weighted by molar-refractivity contribution is -0.136. The van der Waals surface area contributed by atoms with Gasteiger partial charge in [0.1, 0.15) is 6.10 Å². The first-order valence-corrected chi connectivity index (χ1v) is 10.3. The van der Waals surface area contributed by atoms with Crippen LogP contribution in [0.5, 0.6) is 5.88 Å². The van der Waals surface area contributed by atoms with Gasteiger partial charge in [0.25, 0.3) is 0 Å². The highest BCUT2D eigenvalue weighted by Crippen LogP contribution is 2.37. The normalized spacial score (nSPS) is 24.5. The minimum absolute atomic E-state index is 0.171. The van der Waals surface area contributed by atoms with Crippen LogP contribution in [-0.4, -0.2) is 39.7 Å². The quantitative estimate of drug-likeness (QED) is 0.718. The third-order valence-corrected chi connectivity index (χ3v) is 6.24. The summed E-state index contributed by atoms with van der Waals surface area (Å²) in [7, 11) is 0. The summed E-state index contributed by atoms with van der Waals surface area (Å²) in [5.74, 6) is 1.83. The molecule has 0 aliphatic carbocycles. The lowest BCUT2D eigenvalue weighted by atomic mass is 9.99. The van der Waals surface area contributed by atoms with Gasteiger partial charge in [-0.2, -0.15) is 0 Å². The van der Waals surface area contributed by atoms with E-state index in [2.05, 4.69) is 22.0 Å². The van der Waals surface area contributed by atoms with E-state index in [1.807, 2.05) is 36.4 Å². The maximum atomic E-state index is 12.8. The van der Waals surface area contributed by atoms with Crippen molar-refractivity contribution in [3.8, 4) is 5.88 Å². The second kappa shape index (κ2) is 8.12. The molecule has 2 aliphatic heterocycles. The Balaban J connectivity index is 1.29. The monoisotopic (exact) mass is 368 g/mol. The van der Waals surface area contributed by atoms with Gasteiger partial charge < -0.3 is 9.64 Å². The number of pyridine rings is 1. The first-order valence-electron chi connectivity index (χ1n) is 9.36. The Labute approximate surface area is 159 Å². The SMILES string of the molecule is O=C(CCSc1ccccc1)N1C2CCC1CC(Oc1ccccn1)C2. The summed E-state index contributed by atoms with van der Waals surface area (Å²) >= 11 is 1.76. The number of rotatable bonds is 6. The van der Waals surface area contributed by atoms with Crippen LogP contribution in [0.2, 0.25) is 0 Å². The fraction of sp³-hybridized carbons (Fsp3) is 0.429. The number of aromatic nitrogens is 1. The molecule has 2 aromatic rings. The predicted molar refractivity (Wildman–Crippen MR) is 103 cm³/mol. The lowest BCUT2D eigenvalue weighted by Crippen LogP contribution is -2.49. The van der Waals surface area contributed by atoms with Gasteiger partial charge in [-0.1, -0.05) is 24.3 Å². The number of hydrogen-bond donors (Lipinski definition) is 0. The van der Waals surface area contributed by atoms with Gasteiger partial charge in [-0.25, -0.2) is 4.98 Å². The Morgan fingerprint density at radius 1 is 1.08 bits per heavy atom. The number of piperidine rings is 1. The second-order valence-electron chi connectivity index (χ2n) is 6.98. The van der Waals surface area contributed by atoms with Crippen molar-refractivity contribution in [3.63, 3.8) is 0 Å². The number of hydrogen-bond acceptors (Lipinski definition) is 4. The van der Waals surface area contributed by atoms with Gasteiger partial charge in [-0.05, 0) is 31.0 Å². The molecule has 2 unspecified atom stereocenters.